The van der Waals surface area contributed by atoms with Crippen molar-refractivity contribution in [2.45, 2.75) is 13.3 Å². The number of anilines is 3. The molecule has 0 spiro atoms. The van der Waals surface area contributed by atoms with E-state index >= 15 is 0 Å². The first-order valence-electron chi connectivity index (χ1n) is 6.48. The molecule has 0 amide bonds. The number of likely N-dealkylation sites (tertiary alicyclic amines) is 1. The highest BCUT2D eigenvalue weighted by atomic mass is 15.1. The largest absolute Gasteiger partial charge is 0.370 e. The van der Waals surface area contributed by atoms with E-state index in [9.17, 15) is 0 Å². The maximum Gasteiger partial charge on any atom is 0.223 e. The van der Waals surface area contributed by atoms with Gasteiger partial charge in [0.25, 0.3) is 0 Å². The molecule has 1 aliphatic heterocycles. The van der Waals surface area contributed by atoms with Crippen LogP contribution in [-0.4, -0.2) is 48.1 Å². The quantitative estimate of drug-likeness (QED) is 0.719. The molecular weight excluding hydrogens is 228 g/mol. The molecule has 1 saturated heterocycles. The fraction of sp³-hybridized carbons (Fsp3) is 0.667. The van der Waals surface area contributed by atoms with E-state index in [0.29, 0.717) is 11.9 Å². The highest BCUT2D eigenvalue weighted by Crippen LogP contribution is 2.17. The maximum absolute atomic E-state index is 5.69. The number of nitrogen functional groups attached to an aromatic ring is 1. The average molecular weight is 250 g/mol. The summed E-state index contributed by atoms with van der Waals surface area (Å²) in [4.78, 5) is 10.7. The Kier molecular flexibility index (Phi) is 4.19. The first kappa shape index (κ1) is 12.9. The third-order valence-corrected chi connectivity index (χ3v) is 3.16. The fourth-order valence-corrected chi connectivity index (χ4v) is 2.27. The number of hydrogen-bond donors (Lipinski definition) is 3. The van der Waals surface area contributed by atoms with E-state index in [1.54, 1.807) is 0 Å². The van der Waals surface area contributed by atoms with Gasteiger partial charge >= 0.3 is 0 Å². The normalized spacial score (nSPS) is 20.0. The molecule has 1 atom stereocenters. The molecule has 6 heteroatoms. The molecular formula is C12H22N6. The van der Waals surface area contributed by atoms with Crippen molar-refractivity contribution >= 4 is 17.6 Å². The van der Waals surface area contributed by atoms with Gasteiger partial charge in [0, 0.05) is 25.7 Å². The predicted molar refractivity (Wildman–Crippen MR) is 74.7 cm³/mol. The maximum atomic E-state index is 5.69. The van der Waals surface area contributed by atoms with Crippen LogP contribution in [0.2, 0.25) is 0 Å². The SMILES string of the molecule is CCNc1cc(NCC2CCN(C)C2)nc(N)n1. The number of hydrogen-bond acceptors (Lipinski definition) is 6. The molecule has 2 heterocycles. The molecule has 1 aromatic heterocycles. The molecule has 0 aromatic carbocycles. The minimum atomic E-state index is 0.305. The van der Waals surface area contributed by atoms with E-state index in [-0.39, 0.29) is 0 Å². The van der Waals surface area contributed by atoms with Gasteiger partial charge in [-0.15, -0.1) is 0 Å². The van der Waals surface area contributed by atoms with Crippen LogP contribution in [0.3, 0.4) is 0 Å². The van der Waals surface area contributed by atoms with Gasteiger partial charge in [0.15, 0.2) is 0 Å². The van der Waals surface area contributed by atoms with Crippen LogP contribution in [0.15, 0.2) is 6.07 Å². The summed E-state index contributed by atoms with van der Waals surface area (Å²) in [5, 5.41) is 6.49. The van der Waals surface area contributed by atoms with Gasteiger partial charge in [-0.2, -0.15) is 9.97 Å². The Morgan fingerprint density at radius 3 is 2.72 bits per heavy atom. The molecule has 2 rings (SSSR count). The summed E-state index contributed by atoms with van der Waals surface area (Å²) in [6.07, 6.45) is 1.24. The fourth-order valence-electron chi connectivity index (χ4n) is 2.27. The zero-order valence-electron chi connectivity index (χ0n) is 11.1. The number of rotatable bonds is 5. The van der Waals surface area contributed by atoms with Crippen molar-refractivity contribution in [3.8, 4) is 0 Å². The van der Waals surface area contributed by atoms with Gasteiger partial charge in [-0.25, -0.2) is 0 Å². The third-order valence-electron chi connectivity index (χ3n) is 3.16. The lowest BCUT2D eigenvalue weighted by atomic mass is 10.1. The van der Waals surface area contributed by atoms with Crippen molar-refractivity contribution in [1.82, 2.24) is 14.9 Å². The summed E-state index contributed by atoms with van der Waals surface area (Å²) in [5.74, 6) is 2.57. The molecule has 100 valence electrons. The zero-order chi connectivity index (χ0) is 13.0. The second kappa shape index (κ2) is 5.86. The van der Waals surface area contributed by atoms with E-state index in [1.165, 1.54) is 13.0 Å². The lowest BCUT2D eigenvalue weighted by Crippen LogP contribution is -2.19. The smallest absolute Gasteiger partial charge is 0.223 e. The van der Waals surface area contributed by atoms with Crippen LogP contribution in [0.5, 0.6) is 0 Å². The van der Waals surface area contributed by atoms with Crippen molar-refractivity contribution in [3.63, 3.8) is 0 Å². The van der Waals surface area contributed by atoms with Gasteiger partial charge in [0.1, 0.15) is 11.6 Å². The summed E-state index contributed by atoms with van der Waals surface area (Å²) in [7, 11) is 2.16. The highest BCUT2D eigenvalue weighted by molar-refractivity contribution is 5.50. The summed E-state index contributed by atoms with van der Waals surface area (Å²) < 4.78 is 0. The topological polar surface area (TPSA) is 79.1 Å². The van der Waals surface area contributed by atoms with Gasteiger partial charge in [-0.05, 0) is 32.9 Å². The van der Waals surface area contributed by atoms with E-state index in [0.717, 1.165) is 31.3 Å². The van der Waals surface area contributed by atoms with E-state index in [1.807, 2.05) is 13.0 Å². The number of nitrogens with zero attached hydrogens (tertiary/aromatic N) is 3. The summed E-state index contributed by atoms with van der Waals surface area (Å²) in [6.45, 7) is 6.12. The number of nitrogens with one attached hydrogen (secondary N) is 2. The second-order valence-corrected chi connectivity index (χ2v) is 4.82. The monoisotopic (exact) mass is 250 g/mol. The standard InChI is InChI=1S/C12H22N6/c1-3-14-10-6-11(17-12(13)16-10)15-7-9-4-5-18(2)8-9/h6,9H,3-5,7-8H2,1-2H3,(H4,13,14,15,16,17). The zero-order valence-corrected chi connectivity index (χ0v) is 11.1. The summed E-state index contributed by atoms with van der Waals surface area (Å²) in [5.41, 5.74) is 5.69. The highest BCUT2D eigenvalue weighted by Gasteiger charge is 2.19. The third kappa shape index (κ3) is 3.46. The van der Waals surface area contributed by atoms with Crippen molar-refractivity contribution in [1.29, 1.82) is 0 Å². The molecule has 1 aliphatic rings. The van der Waals surface area contributed by atoms with Gasteiger partial charge in [0.2, 0.25) is 5.95 Å². The minimum Gasteiger partial charge on any atom is -0.370 e. The molecule has 1 fully saturated rings. The van der Waals surface area contributed by atoms with Gasteiger partial charge < -0.3 is 21.3 Å². The second-order valence-electron chi connectivity index (χ2n) is 4.82. The number of aromatic nitrogens is 2. The summed E-state index contributed by atoms with van der Waals surface area (Å²) in [6, 6.07) is 1.90. The summed E-state index contributed by atoms with van der Waals surface area (Å²) >= 11 is 0. The molecule has 1 unspecified atom stereocenters. The Morgan fingerprint density at radius 1 is 1.39 bits per heavy atom. The first-order chi connectivity index (χ1) is 8.67. The van der Waals surface area contributed by atoms with Crippen molar-refractivity contribution in [2.24, 2.45) is 5.92 Å². The Morgan fingerprint density at radius 2 is 2.11 bits per heavy atom. The van der Waals surface area contributed by atoms with E-state index in [4.69, 9.17) is 5.73 Å². The molecule has 0 aliphatic carbocycles. The average Bonchev–Trinajstić information content (AvgIpc) is 2.72. The lowest BCUT2D eigenvalue weighted by molar-refractivity contribution is 0.399. The Hall–Kier alpha value is -1.56. The first-order valence-corrected chi connectivity index (χ1v) is 6.48. The van der Waals surface area contributed by atoms with Crippen molar-refractivity contribution in [3.05, 3.63) is 6.07 Å². The molecule has 1 aromatic rings. The Balaban J connectivity index is 1.92. The Bertz CT molecular complexity index is 394. The van der Waals surface area contributed by atoms with Crippen LogP contribution in [0.25, 0.3) is 0 Å². The van der Waals surface area contributed by atoms with Crippen molar-refractivity contribution in [2.75, 3.05) is 49.6 Å². The molecule has 0 radical (unpaired) electrons. The number of nitrogens with two attached hydrogens (primary N) is 1. The van der Waals surface area contributed by atoms with Crippen molar-refractivity contribution < 1.29 is 0 Å². The molecule has 4 N–H and O–H groups in total. The van der Waals surface area contributed by atoms with E-state index in [2.05, 4.69) is 32.5 Å². The van der Waals surface area contributed by atoms with Gasteiger partial charge in [-0.1, -0.05) is 0 Å². The Labute approximate surface area is 108 Å². The van der Waals surface area contributed by atoms with Gasteiger partial charge in [-0.3, -0.25) is 0 Å². The molecule has 0 saturated carbocycles. The molecule has 6 nitrogen and oxygen atoms in total. The van der Waals surface area contributed by atoms with Crippen LogP contribution < -0.4 is 16.4 Å². The minimum absolute atomic E-state index is 0.305. The molecule has 0 bridgehead atoms. The van der Waals surface area contributed by atoms with Crippen LogP contribution in [0, 0.1) is 5.92 Å². The van der Waals surface area contributed by atoms with Crippen LogP contribution in [0.4, 0.5) is 17.6 Å². The van der Waals surface area contributed by atoms with E-state index < -0.39 is 0 Å². The molecule has 18 heavy (non-hydrogen) atoms. The van der Waals surface area contributed by atoms with Crippen LogP contribution in [0.1, 0.15) is 13.3 Å². The lowest BCUT2D eigenvalue weighted by Gasteiger charge is -2.13. The van der Waals surface area contributed by atoms with Gasteiger partial charge in [0.05, 0.1) is 0 Å². The van der Waals surface area contributed by atoms with Crippen LogP contribution >= 0.6 is 0 Å². The van der Waals surface area contributed by atoms with Crippen LogP contribution in [-0.2, 0) is 0 Å². The predicted octanol–water partition coefficient (Wildman–Crippen LogP) is 0.854.